The molecule has 1 heterocycles. The molecule has 0 radical (unpaired) electrons. The third-order valence-corrected chi connectivity index (χ3v) is 6.83. The van der Waals surface area contributed by atoms with E-state index in [2.05, 4.69) is 16.7 Å². The van der Waals surface area contributed by atoms with E-state index in [1.54, 1.807) is 0 Å². The Morgan fingerprint density at radius 3 is 2.73 bits per heavy atom. The molecule has 3 atom stereocenters. The Morgan fingerprint density at radius 2 is 2.04 bits per heavy atom. The molecular formula is C21H27ClN2O2. The average Bonchev–Trinajstić information content (AvgIpc) is 3.35. The van der Waals surface area contributed by atoms with Crippen LogP contribution in [0.1, 0.15) is 69.4 Å². The Morgan fingerprint density at radius 1 is 1.23 bits per heavy atom. The van der Waals surface area contributed by atoms with Crippen LogP contribution in [0.2, 0.25) is 5.02 Å². The van der Waals surface area contributed by atoms with E-state index in [1.165, 1.54) is 12.8 Å². The normalized spacial score (nSPS) is 29.9. The molecule has 1 aromatic carbocycles. The molecule has 1 spiro atoms. The Labute approximate surface area is 160 Å². The number of nitrogens with one attached hydrogen (secondary N) is 2. The maximum Gasteiger partial charge on any atom is 0.223 e. The molecule has 0 bridgehead atoms. The zero-order valence-corrected chi connectivity index (χ0v) is 15.9. The summed E-state index contributed by atoms with van der Waals surface area (Å²) in [6.45, 7) is 0. The van der Waals surface area contributed by atoms with Gasteiger partial charge in [0.25, 0.3) is 0 Å². The molecule has 4 nitrogen and oxygen atoms in total. The lowest BCUT2D eigenvalue weighted by atomic mass is 9.90. The zero-order valence-electron chi connectivity index (χ0n) is 15.1. The van der Waals surface area contributed by atoms with Gasteiger partial charge in [-0.3, -0.25) is 9.59 Å². The van der Waals surface area contributed by atoms with Gasteiger partial charge < -0.3 is 10.6 Å². The quantitative estimate of drug-likeness (QED) is 0.832. The van der Waals surface area contributed by atoms with E-state index in [9.17, 15) is 9.59 Å². The van der Waals surface area contributed by atoms with Crippen LogP contribution in [0.15, 0.2) is 24.3 Å². The molecule has 26 heavy (non-hydrogen) atoms. The predicted octanol–water partition coefficient (Wildman–Crippen LogP) is 4.14. The van der Waals surface area contributed by atoms with E-state index in [1.807, 2.05) is 18.2 Å². The second-order valence-corrected chi connectivity index (χ2v) is 8.79. The van der Waals surface area contributed by atoms with Crippen molar-refractivity contribution in [2.24, 2.45) is 11.8 Å². The summed E-state index contributed by atoms with van der Waals surface area (Å²) >= 11 is 6.20. The van der Waals surface area contributed by atoms with Gasteiger partial charge in [-0.2, -0.15) is 0 Å². The lowest BCUT2D eigenvalue weighted by molar-refractivity contribution is -0.126. The number of rotatable bonds is 4. The van der Waals surface area contributed by atoms with Gasteiger partial charge in [-0.15, -0.1) is 0 Å². The van der Waals surface area contributed by atoms with E-state index in [0.29, 0.717) is 17.4 Å². The number of carbonyl (C=O) groups is 2. The van der Waals surface area contributed by atoms with E-state index in [0.717, 1.165) is 44.1 Å². The monoisotopic (exact) mass is 374 g/mol. The highest BCUT2D eigenvalue weighted by atomic mass is 35.5. The number of hydrogen-bond acceptors (Lipinski definition) is 2. The molecule has 1 saturated heterocycles. The summed E-state index contributed by atoms with van der Waals surface area (Å²) in [6.07, 6.45) is 8.80. The van der Waals surface area contributed by atoms with Crippen LogP contribution in [0.5, 0.6) is 0 Å². The highest BCUT2D eigenvalue weighted by molar-refractivity contribution is 6.30. The molecule has 2 N–H and O–H groups in total. The minimum Gasteiger partial charge on any atom is -0.351 e. The lowest BCUT2D eigenvalue weighted by Gasteiger charge is -2.28. The van der Waals surface area contributed by atoms with Crippen molar-refractivity contribution in [1.29, 1.82) is 0 Å². The van der Waals surface area contributed by atoms with Gasteiger partial charge in [0.05, 0.1) is 6.04 Å². The van der Waals surface area contributed by atoms with E-state index in [4.69, 9.17) is 11.6 Å². The summed E-state index contributed by atoms with van der Waals surface area (Å²) in [5.41, 5.74) is 0.984. The van der Waals surface area contributed by atoms with Gasteiger partial charge in [-0.25, -0.2) is 0 Å². The molecule has 0 aromatic heterocycles. The highest BCUT2D eigenvalue weighted by Gasteiger charge is 2.46. The second-order valence-electron chi connectivity index (χ2n) is 8.35. The van der Waals surface area contributed by atoms with Crippen LogP contribution >= 0.6 is 11.6 Å². The van der Waals surface area contributed by atoms with Crippen LogP contribution in [0, 0.1) is 11.8 Å². The summed E-state index contributed by atoms with van der Waals surface area (Å²) < 4.78 is 0. The van der Waals surface area contributed by atoms with Crippen molar-refractivity contribution in [3.8, 4) is 0 Å². The summed E-state index contributed by atoms with van der Waals surface area (Å²) in [7, 11) is 0. The third-order valence-electron chi connectivity index (χ3n) is 6.59. The number of halogens is 1. The van der Waals surface area contributed by atoms with Gasteiger partial charge in [0.15, 0.2) is 0 Å². The van der Waals surface area contributed by atoms with E-state index < -0.39 is 0 Å². The molecule has 2 aliphatic carbocycles. The van der Waals surface area contributed by atoms with E-state index >= 15 is 0 Å². The smallest absolute Gasteiger partial charge is 0.223 e. The summed E-state index contributed by atoms with van der Waals surface area (Å²) in [4.78, 5) is 24.7. The van der Waals surface area contributed by atoms with Crippen molar-refractivity contribution < 1.29 is 9.59 Å². The standard InChI is InChI=1S/C21H27ClN2O2/c22-17-7-3-6-15(12-17)19(14-4-1-2-5-14)23-20(26)16-8-10-21(13-16)11-9-18(25)24-21/h3,6-7,12,14,16,19H,1-2,4-5,8-11,13H2,(H,23,26)(H,24,25)/t16?,19-,21?/m0/s1. The third kappa shape index (κ3) is 3.62. The molecule has 5 heteroatoms. The number of benzene rings is 1. The molecular weight excluding hydrogens is 348 g/mol. The Hall–Kier alpha value is -1.55. The number of amides is 2. The fraction of sp³-hybridized carbons (Fsp3) is 0.619. The molecule has 4 rings (SSSR count). The molecule has 2 saturated carbocycles. The topological polar surface area (TPSA) is 58.2 Å². The lowest BCUT2D eigenvalue weighted by Crippen LogP contribution is -2.41. The minimum atomic E-state index is -0.127. The zero-order chi connectivity index (χ0) is 18.1. The van der Waals surface area contributed by atoms with Gasteiger partial charge in [-0.05, 0) is 62.1 Å². The molecule has 3 aliphatic rings. The first-order valence-corrected chi connectivity index (χ1v) is 10.3. The van der Waals surface area contributed by atoms with Crippen LogP contribution in [0.25, 0.3) is 0 Å². The highest BCUT2D eigenvalue weighted by Crippen LogP contribution is 2.42. The van der Waals surface area contributed by atoms with Crippen LogP contribution < -0.4 is 10.6 Å². The Bertz CT molecular complexity index is 701. The fourth-order valence-electron chi connectivity index (χ4n) is 5.20. The average molecular weight is 375 g/mol. The van der Waals surface area contributed by atoms with Gasteiger partial charge in [0.2, 0.25) is 11.8 Å². The van der Waals surface area contributed by atoms with E-state index in [-0.39, 0.29) is 29.3 Å². The first kappa shape index (κ1) is 17.8. The molecule has 2 unspecified atom stereocenters. The molecule has 2 amide bonds. The van der Waals surface area contributed by atoms with Gasteiger partial charge in [0.1, 0.15) is 0 Å². The summed E-state index contributed by atoms with van der Waals surface area (Å²) in [5, 5.41) is 7.19. The number of hydrogen-bond donors (Lipinski definition) is 2. The van der Waals surface area contributed by atoms with Crippen molar-refractivity contribution in [1.82, 2.24) is 10.6 Å². The molecule has 1 aromatic rings. The Kier molecular flexibility index (Phi) is 4.96. The minimum absolute atomic E-state index is 0.00325. The van der Waals surface area contributed by atoms with Crippen molar-refractivity contribution in [2.75, 3.05) is 0 Å². The first-order valence-electron chi connectivity index (χ1n) is 9.92. The van der Waals surface area contributed by atoms with Crippen molar-refractivity contribution >= 4 is 23.4 Å². The predicted molar refractivity (Wildman–Crippen MR) is 102 cm³/mol. The second kappa shape index (κ2) is 7.22. The van der Waals surface area contributed by atoms with Crippen LogP contribution in [-0.4, -0.2) is 17.4 Å². The fourth-order valence-corrected chi connectivity index (χ4v) is 5.40. The first-order chi connectivity index (χ1) is 12.5. The molecule has 1 aliphatic heterocycles. The molecule has 140 valence electrons. The maximum absolute atomic E-state index is 13.0. The van der Waals surface area contributed by atoms with Gasteiger partial charge in [-0.1, -0.05) is 36.6 Å². The van der Waals surface area contributed by atoms with Crippen molar-refractivity contribution in [3.05, 3.63) is 34.9 Å². The van der Waals surface area contributed by atoms with Crippen molar-refractivity contribution in [3.63, 3.8) is 0 Å². The number of carbonyl (C=O) groups excluding carboxylic acids is 2. The molecule has 3 fully saturated rings. The largest absolute Gasteiger partial charge is 0.351 e. The van der Waals surface area contributed by atoms with Crippen LogP contribution in [0.4, 0.5) is 0 Å². The summed E-state index contributed by atoms with van der Waals surface area (Å²) in [6, 6.07) is 7.94. The van der Waals surface area contributed by atoms with Crippen LogP contribution in [-0.2, 0) is 9.59 Å². The van der Waals surface area contributed by atoms with Gasteiger partial charge >= 0.3 is 0 Å². The Balaban J connectivity index is 1.47. The summed E-state index contributed by atoms with van der Waals surface area (Å²) in [5.74, 6) is 0.754. The SMILES string of the molecule is O=C1CCC2(CCC(C(=O)N[C@H](c3cccc(Cl)c3)C3CCCC3)C2)N1. The van der Waals surface area contributed by atoms with Crippen LogP contribution in [0.3, 0.4) is 0 Å². The maximum atomic E-state index is 13.0. The van der Waals surface area contributed by atoms with Crippen molar-refractivity contribution in [2.45, 2.75) is 69.4 Å². The van der Waals surface area contributed by atoms with Gasteiger partial charge in [0, 0.05) is 22.9 Å².